The first-order chi connectivity index (χ1) is 11.4. The number of carbonyl (C=O) groups is 2. The van der Waals surface area contributed by atoms with Gasteiger partial charge in [-0.25, -0.2) is 4.79 Å². The number of aryl methyl sites for hydroxylation is 1. The number of methoxy groups -OCH3 is 1. The molecular formula is C18H22N2O4. The van der Waals surface area contributed by atoms with E-state index in [1.165, 1.54) is 7.11 Å². The molecule has 2 aromatic heterocycles. The van der Waals surface area contributed by atoms with Crippen LogP contribution >= 0.6 is 0 Å². The van der Waals surface area contributed by atoms with Crippen molar-refractivity contribution in [2.75, 3.05) is 7.11 Å². The first kappa shape index (κ1) is 17.7. The van der Waals surface area contributed by atoms with Gasteiger partial charge in [-0.05, 0) is 36.6 Å². The maximum Gasteiger partial charge on any atom is 0.341 e. The fraction of sp³-hybridized carbons (Fsp3) is 0.389. The lowest BCUT2D eigenvalue weighted by atomic mass is 9.88. The fourth-order valence-corrected chi connectivity index (χ4v) is 2.64. The van der Waals surface area contributed by atoms with Crippen molar-refractivity contribution in [3.8, 4) is 0 Å². The normalized spacial score (nSPS) is 12.0. The average Bonchev–Trinajstić information content (AvgIpc) is 2.94. The number of nitrogens with one attached hydrogen (secondary N) is 1. The number of rotatable bonds is 6. The van der Waals surface area contributed by atoms with Crippen LogP contribution in [0.3, 0.4) is 0 Å². The minimum absolute atomic E-state index is 0.0927. The van der Waals surface area contributed by atoms with Crippen LogP contribution in [0.5, 0.6) is 0 Å². The van der Waals surface area contributed by atoms with Gasteiger partial charge in [0, 0.05) is 12.4 Å². The van der Waals surface area contributed by atoms with Crippen LogP contribution < -0.4 is 5.32 Å². The SMILES string of the molecule is COC(=O)c1cc(CNC(=O)[C@H](c2ccncc2)C(C)C)oc1C. The minimum Gasteiger partial charge on any atom is -0.465 e. The molecule has 1 atom stereocenters. The van der Waals surface area contributed by atoms with Crippen LogP contribution in [0.1, 0.15) is 47.2 Å². The smallest absolute Gasteiger partial charge is 0.341 e. The second-order valence-electron chi connectivity index (χ2n) is 5.89. The first-order valence-corrected chi connectivity index (χ1v) is 7.79. The van der Waals surface area contributed by atoms with Gasteiger partial charge in [-0.3, -0.25) is 9.78 Å². The summed E-state index contributed by atoms with van der Waals surface area (Å²) in [5.41, 5.74) is 1.29. The predicted molar refractivity (Wildman–Crippen MR) is 88.4 cm³/mol. The highest BCUT2D eigenvalue weighted by Crippen LogP contribution is 2.24. The Morgan fingerprint density at radius 3 is 2.54 bits per heavy atom. The number of aromatic nitrogens is 1. The number of hydrogen-bond donors (Lipinski definition) is 1. The molecule has 0 radical (unpaired) electrons. The van der Waals surface area contributed by atoms with E-state index in [-0.39, 0.29) is 24.3 Å². The summed E-state index contributed by atoms with van der Waals surface area (Å²) in [6, 6.07) is 5.28. The molecule has 0 aliphatic rings. The highest BCUT2D eigenvalue weighted by molar-refractivity contribution is 5.90. The Bertz CT molecular complexity index is 707. The fourth-order valence-electron chi connectivity index (χ4n) is 2.64. The largest absolute Gasteiger partial charge is 0.465 e. The summed E-state index contributed by atoms with van der Waals surface area (Å²) in [5, 5.41) is 2.87. The summed E-state index contributed by atoms with van der Waals surface area (Å²) in [6.45, 7) is 5.89. The van der Waals surface area contributed by atoms with Crippen molar-refractivity contribution < 1.29 is 18.7 Å². The Morgan fingerprint density at radius 1 is 1.29 bits per heavy atom. The number of ether oxygens (including phenoxy) is 1. The molecule has 2 heterocycles. The lowest BCUT2D eigenvalue weighted by Crippen LogP contribution is -2.31. The van der Waals surface area contributed by atoms with E-state index in [1.54, 1.807) is 25.4 Å². The zero-order chi connectivity index (χ0) is 17.7. The van der Waals surface area contributed by atoms with Crippen molar-refractivity contribution in [2.24, 2.45) is 5.92 Å². The third-order valence-corrected chi connectivity index (χ3v) is 3.83. The highest BCUT2D eigenvalue weighted by atomic mass is 16.5. The average molecular weight is 330 g/mol. The van der Waals surface area contributed by atoms with Gasteiger partial charge in [0.1, 0.15) is 17.1 Å². The Kier molecular flexibility index (Phi) is 5.73. The van der Waals surface area contributed by atoms with E-state index in [0.29, 0.717) is 17.1 Å². The van der Waals surface area contributed by atoms with Crippen molar-refractivity contribution in [2.45, 2.75) is 33.2 Å². The van der Waals surface area contributed by atoms with Gasteiger partial charge in [0.2, 0.25) is 5.91 Å². The molecule has 0 aromatic carbocycles. The van der Waals surface area contributed by atoms with Gasteiger partial charge in [0.25, 0.3) is 0 Å². The van der Waals surface area contributed by atoms with E-state index in [1.807, 2.05) is 26.0 Å². The Morgan fingerprint density at radius 2 is 1.96 bits per heavy atom. The summed E-state index contributed by atoms with van der Waals surface area (Å²) >= 11 is 0. The molecule has 0 saturated heterocycles. The molecule has 1 amide bonds. The molecule has 0 saturated carbocycles. The first-order valence-electron chi connectivity index (χ1n) is 7.79. The molecule has 1 N–H and O–H groups in total. The Balaban J connectivity index is 2.08. The van der Waals surface area contributed by atoms with Crippen LogP contribution in [0.2, 0.25) is 0 Å². The number of pyridine rings is 1. The number of amides is 1. The minimum atomic E-state index is -0.453. The number of furan rings is 1. The van der Waals surface area contributed by atoms with Gasteiger partial charge >= 0.3 is 5.97 Å². The molecule has 0 spiro atoms. The highest BCUT2D eigenvalue weighted by Gasteiger charge is 2.24. The van der Waals surface area contributed by atoms with Crippen LogP contribution in [0.25, 0.3) is 0 Å². The molecule has 0 fully saturated rings. The quantitative estimate of drug-likeness (QED) is 0.824. The van der Waals surface area contributed by atoms with Gasteiger partial charge < -0.3 is 14.5 Å². The summed E-state index contributed by atoms with van der Waals surface area (Å²) in [6.07, 6.45) is 3.35. The van der Waals surface area contributed by atoms with E-state index in [2.05, 4.69) is 10.3 Å². The van der Waals surface area contributed by atoms with Crippen LogP contribution in [0, 0.1) is 12.8 Å². The number of hydrogen-bond acceptors (Lipinski definition) is 5. The topological polar surface area (TPSA) is 81.4 Å². The zero-order valence-corrected chi connectivity index (χ0v) is 14.3. The maximum absolute atomic E-state index is 12.6. The lowest BCUT2D eigenvalue weighted by Gasteiger charge is -2.20. The monoisotopic (exact) mass is 330 g/mol. The molecule has 0 aliphatic carbocycles. The van der Waals surface area contributed by atoms with E-state index < -0.39 is 5.97 Å². The molecule has 2 aromatic rings. The predicted octanol–water partition coefficient (Wildman–Crippen LogP) is 2.83. The van der Waals surface area contributed by atoms with E-state index in [4.69, 9.17) is 9.15 Å². The van der Waals surface area contributed by atoms with Crippen molar-refractivity contribution in [3.63, 3.8) is 0 Å². The molecule has 6 heteroatoms. The number of nitrogens with zero attached hydrogens (tertiary/aromatic N) is 1. The van der Waals surface area contributed by atoms with Gasteiger partial charge in [0.05, 0.1) is 19.6 Å². The summed E-state index contributed by atoms with van der Waals surface area (Å²) in [4.78, 5) is 28.2. The second kappa shape index (κ2) is 7.77. The van der Waals surface area contributed by atoms with Gasteiger partial charge in [-0.1, -0.05) is 13.8 Å². The Hall–Kier alpha value is -2.63. The summed E-state index contributed by atoms with van der Waals surface area (Å²) < 4.78 is 10.2. The number of carbonyl (C=O) groups excluding carboxylic acids is 2. The van der Waals surface area contributed by atoms with Crippen molar-refractivity contribution in [1.82, 2.24) is 10.3 Å². The molecule has 0 aliphatic heterocycles. The standard InChI is InChI=1S/C18H22N2O4/c1-11(2)16(13-5-7-19-8-6-13)17(21)20-10-14-9-15(12(3)24-14)18(22)23-4/h5-9,11,16H,10H2,1-4H3,(H,20,21)/t16-/m0/s1. The van der Waals surface area contributed by atoms with E-state index >= 15 is 0 Å². The van der Waals surface area contributed by atoms with E-state index in [0.717, 1.165) is 5.56 Å². The molecular weight excluding hydrogens is 308 g/mol. The van der Waals surface area contributed by atoms with Crippen molar-refractivity contribution >= 4 is 11.9 Å². The lowest BCUT2D eigenvalue weighted by molar-refractivity contribution is -0.123. The van der Waals surface area contributed by atoms with Gasteiger partial charge in [0.15, 0.2) is 0 Å². The zero-order valence-electron chi connectivity index (χ0n) is 14.3. The molecule has 2 rings (SSSR count). The molecule has 6 nitrogen and oxygen atoms in total. The summed E-state index contributed by atoms with van der Waals surface area (Å²) in [7, 11) is 1.32. The van der Waals surface area contributed by atoms with Crippen LogP contribution in [0.15, 0.2) is 35.0 Å². The van der Waals surface area contributed by atoms with Crippen LogP contribution in [0.4, 0.5) is 0 Å². The molecule has 0 bridgehead atoms. The summed E-state index contributed by atoms with van der Waals surface area (Å²) in [5.74, 6) is 0.301. The van der Waals surface area contributed by atoms with Gasteiger partial charge in [-0.15, -0.1) is 0 Å². The molecule has 24 heavy (non-hydrogen) atoms. The van der Waals surface area contributed by atoms with Gasteiger partial charge in [-0.2, -0.15) is 0 Å². The Labute approximate surface area is 141 Å². The third kappa shape index (κ3) is 4.01. The van der Waals surface area contributed by atoms with E-state index in [9.17, 15) is 9.59 Å². The molecule has 0 unspecified atom stereocenters. The van der Waals surface area contributed by atoms with Crippen molar-refractivity contribution in [3.05, 3.63) is 53.2 Å². The van der Waals surface area contributed by atoms with Crippen LogP contribution in [-0.4, -0.2) is 24.0 Å². The van der Waals surface area contributed by atoms with Crippen molar-refractivity contribution in [1.29, 1.82) is 0 Å². The number of esters is 1. The van der Waals surface area contributed by atoms with Crippen LogP contribution in [-0.2, 0) is 16.1 Å². The third-order valence-electron chi connectivity index (χ3n) is 3.83. The molecule has 128 valence electrons. The second-order valence-corrected chi connectivity index (χ2v) is 5.89. The maximum atomic E-state index is 12.6.